The number of hydrogen-bond acceptors (Lipinski definition) is 4. The highest BCUT2D eigenvalue weighted by Crippen LogP contribution is 2.39. The maximum Gasteiger partial charge on any atom is 0.416 e. The van der Waals surface area contributed by atoms with E-state index in [1.54, 1.807) is 18.2 Å². The van der Waals surface area contributed by atoms with Crippen molar-refractivity contribution in [1.29, 1.82) is 0 Å². The summed E-state index contributed by atoms with van der Waals surface area (Å²) in [6, 6.07) is 7.92. The molecule has 0 aliphatic carbocycles. The van der Waals surface area contributed by atoms with Crippen LogP contribution < -0.4 is 19.9 Å². The van der Waals surface area contributed by atoms with E-state index in [-0.39, 0.29) is 11.3 Å². The van der Waals surface area contributed by atoms with Crippen molar-refractivity contribution in [2.75, 3.05) is 14.2 Å². The monoisotopic (exact) mass is 369 g/mol. The smallest absolute Gasteiger partial charge is 0.416 e. The topological polar surface area (TPSA) is 70.8 Å². The summed E-state index contributed by atoms with van der Waals surface area (Å²) in [7, 11) is 2.87. The third kappa shape index (κ3) is 4.38. The van der Waals surface area contributed by atoms with Crippen molar-refractivity contribution in [3.63, 3.8) is 0 Å². The number of carbonyl (C=O) groups excluding carboxylic acids is 1. The number of methoxy groups -OCH3 is 2. The third-order valence-corrected chi connectivity index (χ3v) is 3.67. The Hall–Kier alpha value is -2.90. The predicted molar refractivity (Wildman–Crippen MR) is 89.3 cm³/mol. The average molecular weight is 369 g/mol. The summed E-state index contributed by atoms with van der Waals surface area (Å²) in [4.78, 5) is 11.2. The minimum atomic E-state index is -4.59. The van der Waals surface area contributed by atoms with Crippen molar-refractivity contribution in [2.45, 2.75) is 19.2 Å². The van der Waals surface area contributed by atoms with Crippen LogP contribution in [0.3, 0.4) is 0 Å². The largest absolute Gasteiger partial charge is 0.497 e. The number of hydrogen-bond donors (Lipinski definition) is 1. The van der Waals surface area contributed by atoms with Gasteiger partial charge in [-0.25, -0.2) is 0 Å². The summed E-state index contributed by atoms with van der Waals surface area (Å²) in [5.41, 5.74) is 4.82. The van der Waals surface area contributed by atoms with Crippen molar-refractivity contribution in [3.05, 3.63) is 42.0 Å². The van der Waals surface area contributed by atoms with Crippen LogP contribution in [-0.2, 0) is 11.0 Å². The molecule has 1 atom stereocenters. The highest BCUT2D eigenvalue weighted by Gasteiger charge is 2.32. The quantitative estimate of drug-likeness (QED) is 0.844. The second-order valence-corrected chi connectivity index (χ2v) is 5.47. The first-order valence-corrected chi connectivity index (χ1v) is 7.56. The first kappa shape index (κ1) is 19.4. The lowest BCUT2D eigenvalue weighted by atomic mass is 10.0. The highest BCUT2D eigenvalue weighted by atomic mass is 19.4. The Morgan fingerprint density at radius 3 is 2.27 bits per heavy atom. The van der Waals surface area contributed by atoms with Crippen LogP contribution in [0, 0.1) is 0 Å². The van der Waals surface area contributed by atoms with Crippen LogP contribution in [0.1, 0.15) is 12.5 Å². The third-order valence-electron chi connectivity index (χ3n) is 3.67. The van der Waals surface area contributed by atoms with E-state index in [0.29, 0.717) is 17.1 Å². The normalized spacial score (nSPS) is 12.4. The maximum atomic E-state index is 13.3. The van der Waals surface area contributed by atoms with Crippen LogP contribution in [0.4, 0.5) is 13.2 Å². The lowest BCUT2D eigenvalue weighted by Gasteiger charge is -2.17. The van der Waals surface area contributed by atoms with Gasteiger partial charge in [-0.1, -0.05) is 0 Å². The zero-order valence-corrected chi connectivity index (χ0v) is 14.4. The van der Waals surface area contributed by atoms with Gasteiger partial charge >= 0.3 is 6.18 Å². The highest BCUT2D eigenvalue weighted by molar-refractivity contribution is 5.79. The van der Waals surface area contributed by atoms with Crippen molar-refractivity contribution < 1.29 is 32.2 Å². The molecule has 0 aliphatic rings. The number of alkyl halides is 3. The number of rotatable bonds is 6. The SMILES string of the molecule is COc1ccc(-c2cc(OC(C)C(N)=O)cc(C(F)(F)F)c2)c(OC)c1. The molecule has 0 saturated carbocycles. The molecule has 1 unspecified atom stereocenters. The number of amides is 1. The van der Waals surface area contributed by atoms with Gasteiger partial charge < -0.3 is 19.9 Å². The van der Waals surface area contributed by atoms with Crippen molar-refractivity contribution in [2.24, 2.45) is 5.73 Å². The Morgan fingerprint density at radius 2 is 1.73 bits per heavy atom. The first-order chi connectivity index (χ1) is 12.2. The molecule has 2 rings (SSSR count). The van der Waals surface area contributed by atoms with Crippen molar-refractivity contribution in [1.82, 2.24) is 0 Å². The molecule has 0 saturated heterocycles. The Morgan fingerprint density at radius 1 is 1.04 bits per heavy atom. The summed E-state index contributed by atoms with van der Waals surface area (Å²) in [6.45, 7) is 1.36. The van der Waals surface area contributed by atoms with Crippen LogP contribution in [0.15, 0.2) is 36.4 Å². The molecule has 2 N–H and O–H groups in total. The van der Waals surface area contributed by atoms with E-state index in [0.717, 1.165) is 12.1 Å². The fourth-order valence-electron chi connectivity index (χ4n) is 2.29. The molecule has 0 aromatic heterocycles. The van der Waals surface area contributed by atoms with Crippen LogP contribution in [0.5, 0.6) is 17.2 Å². The molecule has 0 spiro atoms. The Balaban J connectivity index is 2.59. The molecule has 5 nitrogen and oxygen atoms in total. The summed E-state index contributed by atoms with van der Waals surface area (Å²) >= 11 is 0. The molecule has 2 aromatic rings. The Kier molecular flexibility index (Phi) is 5.64. The molecule has 26 heavy (non-hydrogen) atoms. The Labute approximate surface area is 148 Å². The van der Waals surface area contributed by atoms with Crippen molar-refractivity contribution >= 4 is 5.91 Å². The van der Waals surface area contributed by atoms with Gasteiger partial charge in [0.1, 0.15) is 17.2 Å². The molecule has 140 valence electrons. The van der Waals surface area contributed by atoms with E-state index in [9.17, 15) is 18.0 Å². The number of ether oxygens (including phenoxy) is 3. The van der Waals surface area contributed by atoms with Gasteiger partial charge in [0, 0.05) is 11.6 Å². The number of benzene rings is 2. The van der Waals surface area contributed by atoms with Gasteiger partial charge in [-0.15, -0.1) is 0 Å². The minimum absolute atomic E-state index is 0.126. The fourth-order valence-corrected chi connectivity index (χ4v) is 2.29. The van der Waals surface area contributed by atoms with Crippen LogP contribution in [-0.4, -0.2) is 26.2 Å². The van der Waals surface area contributed by atoms with Crippen LogP contribution >= 0.6 is 0 Å². The summed E-state index contributed by atoms with van der Waals surface area (Å²) < 4.78 is 55.4. The van der Waals surface area contributed by atoms with Gasteiger partial charge in [-0.3, -0.25) is 4.79 Å². The van der Waals surface area contributed by atoms with E-state index in [1.807, 2.05) is 0 Å². The molecule has 0 bridgehead atoms. The second kappa shape index (κ2) is 7.55. The van der Waals surface area contributed by atoms with Gasteiger partial charge in [-0.2, -0.15) is 13.2 Å². The standard InChI is InChI=1S/C18H18F3NO4/c1-10(17(22)23)26-14-7-11(6-12(8-14)18(19,20)21)15-5-4-13(24-2)9-16(15)25-3/h4-10H,1-3H3,(H2,22,23). The minimum Gasteiger partial charge on any atom is -0.497 e. The number of primary amides is 1. The number of carbonyl (C=O) groups is 1. The van der Waals surface area contributed by atoms with Gasteiger partial charge in [0.2, 0.25) is 0 Å². The summed E-state index contributed by atoms with van der Waals surface area (Å²) in [5.74, 6) is -0.0843. The molecule has 0 heterocycles. The van der Waals surface area contributed by atoms with E-state index < -0.39 is 23.8 Å². The van der Waals surface area contributed by atoms with Crippen LogP contribution in [0.25, 0.3) is 11.1 Å². The molecular formula is C18H18F3NO4. The lowest BCUT2D eigenvalue weighted by molar-refractivity contribution is -0.137. The van der Waals surface area contributed by atoms with Crippen molar-refractivity contribution in [3.8, 4) is 28.4 Å². The van der Waals surface area contributed by atoms with Gasteiger partial charge in [0.15, 0.2) is 6.10 Å². The summed E-state index contributed by atoms with van der Waals surface area (Å²) in [5, 5.41) is 0. The van der Waals surface area contributed by atoms with E-state index in [4.69, 9.17) is 19.9 Å². The first-order valence-electron chi connectivity index (χ1n) is 7.56. The zero-order valence-electron chi connectivity index (χ0n) is 14.4. The Bertz CT molecular complexity index is 806. The number of halogens is 3. The van der Waals surface area contributed by atoms with E-state index in [1.165, 1.54) is 27.2 Å². The van der Waals surface area contributed by atoms with Gasteiger partial charge in [0.25, 0.3) is 5.91 Å². The lowest BCUT2D eigenvalue weighted by Crippen LogP contribution is -2.30. The van der Waals surface area contributed by atoms with Gasteiger partial charge in [0.05, 0.1) is 19.8 Å². The van der Waals surface area contributed by atoms with E-state index in [2.05, 4.69) is 0 Å². The maximum absolute atomic E-state index is 13.3. The zero-order chi connectivity index (χ0) is 19.5. The molecule has 0 radical (unpaired) electrons. The van der Waals surface area contributed by atoms with Gasteiger partial charge in [-0.05, 0) is 42.8 Å². The molecule has 8 heteroatoms. The predicted octanol–water partition coefficient (Wildman–Crippen LogP) is 3.64. The van der Waals surface area contributed by atoms with E-state index >= 15 is 0 Å². The number of nitrogens with two attached hydrogens (primary N) is 1. The van der Waals surface area contributed by atoms with Crippen LogP contribution in [0.2, 0.25) is 0 Å². The molecule has 0 fully saturated rings. The second-order valence-electron chi connectivity index (χ2n) is 5.47. The molecule has 0 aliphatic heterocycles. The molecular weight excluding hydrogens is 351 g/mol. The summed E-state index contributed by atoms with van der Waals surface area (Å²) in [6.07, 6.45) is -5.67. The molecule has 1 amide bonds. The molecule has 2 aromatic carbocycles. The fraction of sp³-hybridized carbons (Fsp3) is 0.278. The average Bonchev–Trinajstić information content (AvgIpc) is 2.59.